The summed E-state index contributed by atoms with van der Waals surface area (Å²) in [5.41, 5.74) is 0.441. The minimum Gasteiger partial charge on any atom is -0.364 e. The van der Waals surface area contributed by atoms with Gasteiger partial charge in [0.05, 0.1) is 5.69 Å². The Morgan fingerprint density at radius 2 is 2.12 bits per heavy atom. The number of aromatic nitrogens is 1. The van der Waals surface area contributed by atoms with Crippen molar-refractivity contribution in [1.29, 1.82) is 0 Å². The summed E-state index contributed by atoms with van der Waals surface area (Å²) in [6.07, 6.45) is 2.65. The summed E-state index contributed by atoms with van der Waals surface area (Å²) in [4.78, 5) is 6.89. The standard InChI is InChI=1S/C16H27N5O3S/c1-3-17-16(18-11-14-10-13(14)2)20-5-7-21(8-6-20)25(22,23)12-15-4-9-24-19-15/h4,9,13-14H,3,5-8,10-12H2,1-2H3,(H,17,18). The number of rotatable bonds is 6. The maximum Gasteiger partial charge on any atom is 0.220 e. The maximum absolute atomic E-state index is 12.5. The Hall–Kier alpha value is -1.61. The second-order valence-electron chi connectivity index (χ2n) is 6.80. The predicted octanol–water partition coefficient (Wildman–Crippen LogP) is 0.744. The fourth-order valence-corrected chi connectivity index (χ4v) is 4.48. The molecule has 1 aliphatic heterocycles. The molecule has 1 aliphatic carbocycles. The lowest BCUT2D eigenvalue weighted by atomic mass is 10.3. The van der Waals surface area contributed by atoms with Crippen molar-refractivity contribution in [3.05, 3.63) is 18.0 Å². The molecule has 0 bridgehead atoms. The van der Waals surface area contributed by atoms with Crippen molar-refractivity contribution >= 4 is 16.0 Å². The SMILES string of the molecule is CCNC(=NCC1CC1C)N1CCN(S(=O)(=O)Cc2ccon2)CC1. The number of sulfonamides is 1. The van der Waals surface area contributed by atoms with Crippen LogP contribution in [-0.2, 0) is 15.8 Å². The van der Waals surface area contributed by atoms with E-state index < -0.39 is 10.0 Å². The molecule has 1 aromatic heterocycles. The molecular formula is C16H27N5O3S. The van der Waals surface area contributed by atoms with Gasteiger partial charge >= 0.3 is 0 Å². The van der Waals surface area contributed by atoms with E-state index in [1.54, 1.807) is 6.07 Å². The zero-order chi connectivity index (χ0) is 17.9. The molecule has 9 heteroatoms. The van der Waals surface area contributed by atoms with E-state index in [4.69, 9.17) is 9.52 Å². The third kappa shape index (κ3) is 4.72. The van der Waals surface area contributed by atoms with Crippen LogP contribution in [-0.4, -0.2) is 68.0 Å². The van der Waals surface area contributed by atoms with Crippen LogP contribution < -0.4 is 5.32 Å². The fraction of sp³-hybridized carbons (Fsp3) is 0.750. The third-order valence-corrected chi connectivity index (χ3v) is 6.65. The van der Waals surface area contributed by atoms with Crippen molar-refractivity contribution in [2.45, 2.75) is 26.0 Å². The summed E-state index contributed by atoms with van der Waals surface area (Å²) < 4.78 is 31.2. The van der Waals surface area contributed by atoms with Gasteiger partial charge in [-0.2, -0.15) is 4.31 Å². The minimum absolute atomic E-state index is 0.114. The zero-order valence-corrected chi connectivity index (χ0v) is 15.7. The van der Waals surface area contributed by atoms with Crippen molar-refractivity contribution < 1.29 is 12.9 Å². The van der Waals surface area contributed by atoms with Gasteiger partial charge in [-0.15, -0.1) is 0 Å². The fourth-order valence-electron chi connectivity index (χ4n) is 3.05. The molecular weight excluding hydrogens is 342 g/mol. The van der Waals surface area contributed by atoms with Crippen LogP contribution in [0, 0.1) is 11.8 Å². The highest BCUT2D eigenvalue weighted by molar-refractivity contribution is 7.88. The molecule has 140 valence electrons. The van der Waals surface area contributed by atoms with Crippen LogP contribution in [0.25, 0.3) is 0 Å². The van der Waals surface area contributed by atoms with Crippen molar-refractivity contribution in [1.82, 2.24) is 19.7 Å². The first-order valence-corrected chi connectivity index (χ1v) is 10.5. The van der Waals surface area contributed by atoms with Gasteiger partial charge in [0.2, 0.25) is 10.0 Å². The molecule has 1 saturated heterocycles. The van der Waals surface area contributed by atoms with Gasteiger partial charge in [-0.05, 0) is 25.2 Å². The van der Waals surface area contributed by atoms with Gasteiger partial charge in [0, 0.05) is 45.3 Å². The number of hydrogen-bond acceptors (Lipinski definition) is 5. The van der Waals surface area contributed by atoms with Gasteiger partial charge in [0.1, 0.15) is 12.0 Å². The largest absolute Gasteiger partial charge is 0.364 e. The van der Waals surface area contributed by atoms with Crippen molar-refractivity contribution in [3.8, 4) is 0 Å². The second-order valence-corrected chi connectivity index (χ2v) is 8.77. The van der Waals surface area contributed by atoms with Gasteiger partial charge in [-0.1, -0.05) is 12.1 Å². The Morgan fingerprint density at radius 1 is 1.40 bits per heavy atom. The van der Waals surface area contributed by atoms with Gasteiger partial charge in [0.15, 0.2) is 5.96 Å². The Balaban J connectivity index is 1.56. The van der Waals surface area contributed by atoms with E-state index >= 15 is 0 Å². The Labute approximate surface area is 149 Å². The highest BCUT2D eigenvalue weighted by Crippen LogP contribution is 2.37. The Morgan fingerprint density at radius 3 is 2.68 bits per heavy atom. The molecule has 2 heterocycles. The highest BCUT2D eigenvalue weighted by Gasteiger charge is 2.33. The van der Waals surface area contributed by atoms with Crippen LogP contribution in [0.4, 0.5) is 0 Å². The molecule has 2 atom stereocenters. The Bertz CT molecular complexity index is 681. The molecule has 2 unspecified atom stereocenters. The first kappa shape index (κ1) is 18.2. The topological polar surface area (TPSA) is 91.0 Å². The van der Waals surface area contributed by atoms with Crippen molar-refractivity contribution in [2.24, 2.45) is 16.8 Å². The molecule has 2 aliphatic rings. The van der Waals surface area contributed by atoms with Gasteiger partial charge in [0.25, 0.3) is 0 Å². The molecule has 25 heavy (non-hydrogen) atoms. The molecule has 3 rings (SSSR count). The summed E-state index contributed by atoms with van der Waals surface area (Å²) in [6.45, 7) is 8.18. The van der Waals surface area contributed by atoms with Gasteiger partial charge in [-0.25, -0.2) is 8.42 Å². The summed E-state index contributed by atoms with van der Waals surface area (Å²) in [6, 6.07) is 1.59. The van der Waals surface area contributed by atoms with Crippen LogP contribution in [0.3, 0.4) is 0 Å². The first-order chi connectivity index (χ1) is 12.0. The third-order valence-electron chi connectivity index (χ3n) is 4.84. The number of hydrogen-bond donors (Lipinski definition) is 1. The van der Waals surface area contributed by atoms with E-state index in [-0.39, 0.29) is 5.75 Å². The van der Waals surface area contributed by atoms with Gasteiger partial charge < -0.3 is 14.7 Å². The van der Waals surface area contributed by atoms with E-state index in [2.05, 4.69) is 22.3 Å². The molecule has 0 radical (unpaired) electrons. The van der Waals surface area contributed by atoms with Crippen LogP contribution in [0.1, 0.15) is 26.0 Å². The van der Waals surface area contributed by atoms with Gasteiger partial charge in [-0.3, -0.25) is 4.99 Å². The lowest BCUT2D eigenvalue weighted by molar-refractivity contribution is 0.259. The van der Waals surface area contributed by atoms with Crippen LogP contribution in [0.5, 0.6) is 0 Å². The lowest BCUT2D eigenvalue weighted by Crippen LogP contribution is -2.54. The smallest absolute Gasteiger partial charge is 0.220 e. The monoisotopic (exact) mass is 369 g/mol. The summed E-state index contributed by atoms with van der Waals surface area (Å²) in [5, 5.41) is 7.02. The number of nitrogens with zero attached hydrogens (tertiary/aromatic N) is 4. The second kappa shape index (κ2) is 7.74. The number of aliphatic imine (C=N–C) groups is 1. The van der Waals surface area contributed by atoms with Crippen LogP contribution in [0.15, 0.2) is 21.8 Å². The lowest BCUT2D eigenvalue weighted by Gasteiger charge is -2.35. The highest BCUT2D eigenvalue weighted by atomic mass is 32.2. The summed E-state index contributed by atoms with van der Waals surface area (Å²) in [5.74, 6) is 2.27. The Kier molecular flexibility index (Phi) is 5.63. The number of guanidine groups is 1. The van der Waals surface area contributed by atoms with E-state index in [0.717, 1.165) is 25.0 Å². The normalized spacial score (nSPS) is 25.2. The van der Waals surface area contributed by atoms with Crippen LogP contribution >= 0.6 is 0 Å². The molecule has 1 N–H and O–H groups in total. The van der Waals surface area contributed by atoms with E-state index in [1.165, 1.54) is 17.0 Å². The molecule has 8 nitrogen and oxygen atoms in total. The molecule has 1 aromatic rings. The summed E-state index contributed by atoms with van der Waals surface area (Å²) in [7, 11) is -3.37. The minimum atomic E-state index is -3.37. The molecule has 0 amide bonds. The zero-order valence-electron chi connectivity index (χ0n) is 14.9. The average molecular weight is 369 g/mol. The quantitative estimate of drug-likeness (QED) is 0.588. The maximum atomic E-state index is 12.5. The van der Waals surface area contributed by atoms with E-state index in [9.17, 15) is 8.42 Å². The van der Waals surface area contributed by atoms with Crippen molar-refractivity contribution in [2.75, 3.05) is 39.3 Å². The van der Waals surface area contributed by atoms with Crippen LogP contribution in [0.2, 0.25) is 0 Å². The average Bonchev–Trinajstić information content (AvgIpc) is 3.06. The van der Waals surface area contributed by atoms with E-state index in [1.807, 2.05) is 6.92 Å². The number of piperazine rings is 1. The summed E-state index contributed by atoms with van der Waals surface area (Å²) >= 11 is 0. The molecule has 0 spiro atoms. The van der Waals surface area contributed by atoms with E-state index in [0.29, 0.717) is 37.8 Å². The molecule has 0 aromatic carbocycles. The number of nitrogens with one attached hydrogen (secondary N) is 1. The molecule has 2 fully saturated rings. The predicted molar refractivity (Wildman–Crippen MR) is 95.5 cm³/mol. The molecule has 1 saturated carbocycles. The van der Waals surface area contributed by atoms with Crippen molar-refractivity contribution in [3.63, 3.8) is 0 Å². The first-order valence-electron chi connectivity index (χ1n) is 8.90.